The van der Waals surface area contributed by atoms with Gasteiger partial charge in [0.25, 0.3) is 15.9 Å². The van der Waals surface area contributed by atoms with Gasteiger partial charge < -0.3 is 0 Å². The number of carbonyl (C=O) groups excluding carboxylic acids is 1. The van der Waals surface area contributed by atoms with E-state index in [1.54, 1.807) is 7.05 Å². The highest BCUT2D eigenvalue weighted by atomic mass is 32.2. The van der Waals surface area contributed by atoms with Gasteiger partial charge in [0.2, 0.25) is 5.03 Å². The maximum absolute atomic E-state index is 11.1. The van der Waals surface area contributed by atoms with Crippen LogP contribution in [0.4, 0.5) is 0 Å². The second-order valence-corrected chi connectivity index (χ2v) is 4.05. The zero-order valence-electron chi connectivity index (χ0n) is 6.10. The number of amides is 1. The van der Waals surface area contributed by atoms with Crippen molar-refractivity contribution in [2.24, 2.45) is 7.05 Å². The van der Waals surface area contributed by atoms with Gasteiger partial charge in [-0.1, -0.05) is 0 Å². The molecule has 0 atom stereocenters. The number of nitrogens with zero attached hydrogens (tertiary/aromatic N) is 2. The van der Waals surface area contributed by atoms with Crippen molar-refractivity contribution in [2.75, 3.05) is 0 Å². The lowest BCUT2D eigenvalue weighted by molar-refractivity contribution is 0.0985. The molecular formula is C5H5N3O3S. The zero-order chi connectivity index (χ0) is 8.93. The Labute approximate surface area is 68.2 Å². The van der Waals surface area contributed by atoms with Crippen LogP contribution >= 0.6 is 0 Å². The van der Waals surface area contributed by atoms with Gasteiger partial charge >= 0.3 is 0 Å². The lowest BCUT2D eigenvalue weighted by Gasteiger charge is -1.92. The first kappa shape index (κ1) is 7.29. The molecular weight excluding hydrogens is 182 g/mol. The lowest BCUT2D eigenvalue weighted by Crippen LogP contribution is -2.22. The standard InChI is InChI=1S/C5H5N3O3S/c1-8-2-3-4(9)7-12(10,11)5(3)6-8/h2H,1H3,(H,7,9). The number of aryl methyl sites for hydroxylation is 1. The molecule has 6 nitrogen and oxygen atoms in total. The SMILES string of the molecule is Cn1cc2c(n1)S(=O)(=O)NC2=O. The molecule has 1 aliphatic heterocycles. The van der Waals surface area contributed by atoms with Crippen LogP contribution in [0.15, 0.2) is 11.2 Å². The number of carbonyl (C=O) groups is 1. The number of nitrogens with one attached hydrogen (secondary N) is 1. The minimum atomic E-state index is -3.67. The van der Waals surface area contributed by atoms with Crippen molar-refractivity contribution >= 4 is 15.9 Å². The van der Waals surface area contributed by atoms with Crippen LogP contribution in [-0.2, 0) is 17.1 Å². The monoisotopic (exact) mass is 187 g/mol. The number of hydrogen-bond donors (Lipinski definition) is 1. The molecule has 0 spiro atoms. The van der Waals surface area contributed by atoms with Gasteiger partial charge in [-0.05, 0) is 0 Å². The molecule has 12 heavy (non-hydrogen) atoms. The number of fused-ring (bicyclic) bond motifs is 1. The van der Waals surface area contributed by atoms with Crippen molar-refractivity contribution in [3.8, 4) is 0 Å². The van der Waals surface area contributed by atoms with Gasteiger partial charge in [-0.15, -0.1) is 0 Å². The van der Waals surface area contributed by atoms with Crippen molar-refractivity contribution < 1.29 is 13.2 Å². The molecule has 0 saturated heterocycles. The molecule has 0 unspecified atom stereocenters. The highest BCUT2D eigenvalue weighted by molar-refractivity contribution is 7.90. The van der Waals surface area contributed by atoms with E-state index >= 15 is 0 Å². The van der Waals surface area contributed by atoms with E-state index in [-0.39, 0.29) is 10.6 Å². The second-order valence-electron chi connectivity index (χ2n) is 2.46. The highest BCUT2D eigenvalue weighted by Gasteiger charge is 2.35. The summed E-state index contributed by atoms with van der Waals surface area (Å²) in [6.45, 7) is 0. The molecule has 1 N–H and O–H groups in total. The van der Waals surface area contributed by atoms with E-state index in [0.29, 0.717) is 0 Å². The summed E-state index contributed by atoms with van der Waals surface area (Å²) in [5, 5.41) is 3.45. The smallest absolute Gasteiger partial charge is 0.274 e. The third-order valence-electron chi connectivity index (χ3n) is 1.52. The van der Waals surface area contributed by atoms with Crippen molar-refractivity contribution in [1.82, 2.24) is 14.5 Å². The molecule has 0 aliphatic carbocycles. The molecule has 2 rings (SSSR count). The Morgan fingerprint density at radius 3 is 2.83 bits per heavy atom. The third-order valence-corrected chi connectivity index (χ3v) is 2.79. The van der Waals surface area contributed by atoms with Gasteiger partial charge in [0, 0.05) is 13.2 Å². The molecule has 0 aromatic carbocycles. The molecule has 2 heterocycles. The number of rotatable bonds is 0. The van der Waals surface area contributed by atoms with Crippen molar-refractivity contribution in [3.63, 3.8) is 0 Å². The molecule has 1 amide bonds. The zero-order valence-corrected chi connectivity index (χ0v) is 6.92. The molecule has 1 aromatic heterocycles. The van der Waals surface area contributed by atoms with Crippen LogP contribution in [0.2, 0.25) is 0 Å². The van der Waals surface area contributed by atoms with Crippen LogP contribution in [-0.4, -0.2) is 24.1 Å². The van der Waals surface area contributed by atoms with Gasteiger partial charge in [0.05, 0.1) is 5.56 Å². The van der Waals surface area contributed by atoms with E-state index in [4.69, 9.17) is 0 Å². The Morgan fingerprint density at radius 1 is 1.58 bits per heavy atom. The number of hydrogen-bond acceptors (Lipinski definition) is 4. The van der Waals surface area contributed by atoms with Crippen LogP contribution in [0.3, 0.4) is 0 Å². The molecule has 7 heteroatoms. The van der Waals surface area contributed by atoms with E-state index in [2.05, 4.69) is 5.10 Å². The summed E-state index contributed by atoms with van der Waals surface area (Å²) < 4.78 is 25.3. The first-order valence-corrected chi connectivity index (χ1v) is 4.60. The largest absolute Gasteiger partial charge is 0.284 e. The Morgan fingerprint density at radius 2 is 2.25 bits per heavy atom. The Balaban J connectivity index is 2.81. The summed E-state index contributed by atoms with van der Waals surface area (Å²) >= 11 is 0. The highest BCUT2D eigenvalue weighted by Crippen LogP contribution is 2.18. The Bertz CT molecular complexity index is 458. The van der Waals surface area contributed by atoms with E-state index in [0.717, 1.165) is 0 Å². The minimum Gasteiger partial charge on any atom is -0.274 e. The molecule has 0 saturated carbocycles. The maximum atomic E-state index is 11.1. The van der Waals surface area contributed by atoms with Crippen molar-refractivity contribution in [1.29, 1.82) is 0 Å². The second kappa shape index (κ2) is 1.86. The van der Waals surface area contributed by atoms with Crippen LogP contribution in [0.5, 0.6) is 0 Å². The Kier molecular flexibility index (Phi) is 1.13. The van der Waals surface area contributed by atoms with E-state index in [1.807, 2.05) is 4.72 Å². The fraction of sp³-hybridized carbons (Fsp3) is 0.200. The summed E-state index contributed by atoms with van der Waals surface area (Å²) in [4.78, 5) is 11.0. The van der Waals surface area contributed by atoms with Crippen LogP contribution in [0.25, 0.3) is 0 Å². The number of aromatic nitrogens is 2. The summed E-state index contributed by atoms with van der Waals surface area (Å²) in [6, 6.07) is 0. The quantitative estimate of drug-likeness (QED) is 0.556. The first-order chi connectivity index (χ1) is 5.50. The summed E-state index contributed by atoms with van der Waals surface area (Å²) in [5.41, 5.74) is 0.109. The molecule has 0 radical (unpaired) electrons. The van der Waals surface area contributed by atoms with Crippen LogP contribution in [0.1, 0.15) is 10.4 Å². The fourth-order valence-electron chi connectivity index (χ4n) is 1.05. The predicted molar refractivity (Wildman–Crippen MR) is 37.9 cm³/mol. The molecule has 1 aromatic rings. The summed E-state index contributed by atoms with van der Waals surface area (Å²) in [5.74, 6) is -0.613. The minimum absolute atomic E-state index is 0.109. The third kappa shape index (κ3) is 0.765. The average molecular weight is 187 g/mol. The molecule has 0 fully saturated rings. The van der Waals surface area contributed by atoms with E-state index in [1.165, 1.54) is 10.9 Å². The number of sulfonamides is 1. The van der Waals surface area contributed by atoms with Gasteiger partial charge in [-0.25, -0.2) is 4.72 Å². The Hall–Kier alpha value is -1.37. The lowest BCUT2D eigenvalue weighted by atomic mass is 10.3. The summed E-state index contributed by atoms with van der Waals surface area (Å²) in [6.07, 6.45) is 1.37. The van der Waals surface area contributed by atoms with Crippen molar-refractivity contribution in [3.05, 3.63) is 11.8 Å². The van der Waals surface area contributed by atoms with E-state index < -0.39 is 15.9 Å². The van der Waals surface area contributed by atoms with Gasteiger partial charge in [-0.3, -0.25) is 9.48 Å². The summed E-state index contributed by atoms with van der Waals surface area (Å²) in [7, 11) is -2.11. The van der Waals surface area contributed by atoms with Gasteiger partial charge in [0.15, 0.2) is 0 Å². The van der Waals surface area contributed by atoms with Crippen LogP contribution in [0, 0.1) is 0 Å². The maximum Gasteiger partial charge on any atom is 0.284 e. The molecule has 1 aliphatic rings. The topological polar surface area (TPSA) is 81.1 Å². The van der Waals surface area contributed by atoms with Crippen molar-refractivity contribution in [2.45, 2.75) is 5.03 Å². The van der Waals surface area contributed by atoms with E-state index in [9.17, 15) is 13.2 Å². The van der Waals surface area contributed by atoms with Crippen LogP contribution < -0.4 is 4.72 Å². The predicted octanol–water partition coefficient (Wildman–Crippen LogP) is -1.15. The van der Waals surface area contributed by atoms with Gasteiger partial charge in [0.1, 0.15) is 0 Å². The first-order valence-electron chi connectivity index (χ1n) is 3.11. The average Bonchev–Trinajstić information content (AvgIpc) is 2.37. The normalized spacial score (nSPS) is 18.9. The molecule has 64 valence electrons. The fourth-order valence-corrected chi connectivity index (χ4v) is 2.17. The van der Waals surface area contributed by atoms with Gasteiger partial charge in [-0.2, -0.15) is 13.5 Å². The molecule has 0 bridgehead atoms.